The Kier molecular flexibility index (Phi) is 3.28. The summed E-state index contributed by atoms with van der Waals surface area (Å²) < 4.78 is 2.87. The Morgan fingerprint density at radius 1 is 1.64 bits per heavy atom. The number of nitrogens with one attached hydrogen (secondary N) is 1. The lowest BCUT2D eigenvalue weighted by atomic mass is 10.2. The first-order valence-electron chi connectivity index (χ1n) is 5.09. The zero-order chi connectivity index (χ0) is 9.97. The number of hydrogen-bond donors (Lipinski definition) is 1. The van der Waals surface area contributed by atoms with E-state index in [-0.39, 0.29) is 0 Å². The molecule has 0 saturated carbocycles. The van der Waals surface area contributed by atoms with Gasteiger partial charge in [0.25, 0.3) is 0 Å². The summed E-state index contributed by atoms with van der Waals surface area (Å²) in [4.78, 5) is 0. The van der Waals surface area contributed by atoms with Crippen molar-refractivity contribution in [1.29, 1.82) is 0 Å². The second-order valence-corrected chi connectivity index (χ2v) is 5.18. The van der Waals surface area contributed by atoms with Crippen LogP contribution in [0, 0.1) is 4.77 Å². The highest BCUT2D eigenvalue weighted by Crippen LogP contribution is 2.37. The van der Waals surface area contributed by atoms with Gasteiger partial charge in [0.15, 0.2) is 4.77 Å². The highest BCUT2D eigenvalue weighted by Gasteiger charge is 2.20. The molecule has 1 atom stereocenters. The minimum atomic E-state index is 0.552. The van der Waals surface area contributed by atoms with Gasteiger partial charge in [-0.05, 0) is 37.7 Å². The number of hydrogen-bond acceptors (Lipinski definition) is 3. The van der Waals surface area contributed by atoms with E-state index in [1.165, 1.54) is 25.0 Å². The molecule has 0 amide bonds. The largest absolute Gasteiger partial charge is 0.303 e. The topological polar surface area (TPSA) is 33.6 Å². The smallest absolute Gasteiger partial charge is 0.195 e. The number of nitrogens with zero attached hydrogens (tertiary/aromatic N) is 2. The van der Waals surface area contributed by atoms with Crippen molar-refractivity contribution in [3.8, 4) is 0 Å². The van der Waals surface area contributed by atoms with Gasteiger partial charge in [-0.2, -0.15) is 16.9 Å². The third kappa shape index (κ3) is 1.88. The zero-order valence-electron chi connectivity index (χ0n) is 8.32. The molecular formula is C9H15N3S2. The van der Waals surface area contributed by atoms with Gasteiger partial charge in [0.05, 0.1) is 5.25 Å². The molecule has 2 rings (SSSR count). The molecule has 14 heavy (non-hydrogen) atoms. The molecule has 0 aliphatic carbocycles. The molecule has 3 nitrogen and oxygen atoms in total. The van der Waals surface area contributed by atoms with E-state index in [9.17, 15) is 0 Å². The van der Waals surface area contributed by atoms with Crippen LogP contribution in [0.2, 0.25) is 0 Å². The average Bonchev–Trinajstić information content (AvgIpc) is 2.61. The van der Waals surface area contributed by atoms with Crippen molar-refractivity contribution in [2.24, 2.45) is 0 Å². The molecule has 2 heterocycles. The Balaban J connectivity index is 2.25. The lowest BCUT2D eigenvalue weighted by molar-refractivity contribution is 0.615. The number of rotatable bonds is 2. The number of H-pyrrole nitrogens is 1. The van der Waals surface area contributed by atoms with Crippen molar-refractivity contribution in [2.45, 2.75) is 38.0 Å². The first-order chi connectivity index (χ1) is 6.83. The maximum absolute atomic E-state index is 5.18. The molecule has 1 unspecified atom stereocenters. The summed E-state index contributed by atoms with van der Waals surface area (Å²) in [6, 6.07) is 0. The quantitative estimate of drug-likeness (QED) is 0.792. The summed E-state index contributed by atoms with van der Waals surface area (Å²) in [6.45, 7) is 3.03. The van der Waals surface area contributed by atoms with Gasteiger partial charge in [0.2, 0.25) is 0 Å². The molecule has 1 saturated heterocycles. The zero-order valence-corrected chi connectivity index (χ0v) is 9.96. The summed E-state index contributed by atoms with van der Waals surface area (Å²) in [5, 5.41) is 7.78. The summed E-state index contributed by atoms with van der Waals surface area (Å²) in [5.41, 5.74) is 0. The standard InChI is InChI=1S/C9H15N3S2/c1-2-12-8(10-11-9(12)13)7-5-3-4-6-14-7/h7H,2-6H2,1H3,(H,11,13). The molecule has 1 aliphatic rings. The molecule has 0 aromatic carbocycles. The highest BCUT2D eigenvalue weighted by molar-refractivity contribution is 7.99. The first-order valence-corrected chi connectivity index (χ1v) is 6.55. The van der Waals surface area contributed by atoms with Crippen molar-refractivity contribution in [1.82, 2.24) is 14.8 Å². The molecule has 0 spiro atoms. The number of thioether (sulfide) groups is 1. The van der Waals surface area contributed by atoms with Crippen LogP contribution in [-0.2, 0) is 6.54 Å². The minimum Gasteiger partial charge on any atom is -0.303 e. The van der Waals surface area contributed by atoms with Crippen LogP contribution in [0.15, 0.2) is 0 Å². The number of aromatic nitrogens is 3. The Hall–Kier alpha value is -0.290. The molecule has 5 heteroatoms. The Bertz CT molecular complexity index is 349. The van der Waals surface area contributed by atoms with Crippen LogP contribution < -0.4 is 0 Å². The van der Waals surface area contributed by atoms with E-state index in [2.05, 4.69) is 21.7 Å². The van der Waals surface area contributed by atoms with Crippen LogP contribution in [0.4, 0.5) is 0 Å². The van der Waals surface area contributed by atoms with Gasteiger partial charge in [0, 0.05) is 6.54 Å². The summed E-state index contributed by atoms with van der Waals surface area (Å²) in [7, 11) is 0. The van der Waals surface area contributed by atoms with Crippen LogP contribution in [-0.4, -0.2) is 20.5 Å². The molecule has 1 aromatic rings. The van der Waals surface area contributed by atoms with Crippen LogP contribution in [0.5, 0.6) is 0 Å². The van der Waals surface area contributed by atoms with Crippen LogP contribution in [0.1, 0.15) is 37.3 Å². The van der Waals surface area contributed by atoms with Crippen LogP contribution in [0.25, 0.3) is 0 Å². The summed E-state index contributed by atoms with van der Waals surface area (Å²) in [5.74, 6) is 2.40. The molecule has 78 valence electrons. The Morgan fingerprint density at radius 3 is 3.14 bits per heavy atom. The van der Waals surface area contributed by atoms with E-state index in [0.717, 1.165) is 17.1 Å². The Morgan fingerprint density at radius 2 is 2.50 bits per heavy atom. The van der Waals surface area contributed by atoms with Crippen molar-refractivity contribution in [3.63, 3.8) is 0 Å². The third-order valence-electron chi connectivity index (χ3n) is 2.57. The lowest BCUT2D eigenvalue weighted by Crippen LogP contribution is -2.09. The van der Waals surface area contributed by atoms with Gasteiger partial charge >= 0.3 is 0 Å². The molecule has 1 aromatic heterocycles. The van der Waals surface area contributed by atoms with E-state index in [1.54, 1.807) is 0 Å². The van der Waals surface area contributed by atoms with Crippen molar-refractivity contribution in [3.05, 3.63) is 10.6 Å². The number of aromatic amines is 1. The van der Waals surface area contributed by atoms with E-state index in [4.69, 9.17) is 12.2 Å². The van der Waals surface area contributed by atoms with Gasteiger partial charge < -0.3 is 4.57 Å². The monoisotopic (exact) mass is 229 g/mol. The predicted molar refractivity (Wildman–Crippen MR) is 62.1 cm³/mol. The van der Waals surface area contributed by atoms with Crippen molar-refractivity contribution >= 4 is 24.0 Å². The van der Waals surface area contributed by atoms with Gasteiger partial charge in [0.1, 0.15) is 5.82 Å². The highest BCUT2D eigenvalue weighted by atomic mass is 32.2. The second-order valence-electron chi connectivity index (χ2n) is 3.49. The summed E-state index contributed by atoms with van der Waals surface area (Å²) in [6.07, 6.45) is 3.91. The van der Waals surface area contributed by atoms with E-state index in [1.807, 2.05) is 11.8 Å². The average molecular weight is 229 g/mol. The van der Waals surface area contributed by atoms with Gasteiger partial charge in [-0.1, -0.05) is 6.42 Å². The first kappa shape index (κ1) is 10.2. The third-order valence-corrected chi connectivity index (χ3v) is 4.26. The van der Waals surface area contributed by atoms with Crippen molar-refractivity contribution < 1.29 is 0 Å². The van der Waals surface area contributed by atoms with Gasteiger partial charge in [-0.25, -0.2) is 0 Å². The molecule has 0 radical (unpaired) electrons. The molecule has 1 aliphatic heterocycles. The maximum atomic E-state index is 5.18. The maximum Gasteiger partial charge on any atom is 0.195 e. The van der Waals surface area contributed by atoms with Crippen LogP contribution >= 0.6 is 24.0 Å². The molecular weight excluding hydrogens is 214 g/mol. The molecule has 1 N–H and O–H groups in total. The second kappa shape index (κ2) is 4.49. The molecule has 1 fully saturated rings. The van der Waals surface area contributed by atoms with Crippen LogP contribution in [0.3, 0.4) is 0 Å². The fourth-order valence-corrected chi connectivity index (χ4v) is 3.41. The Labute approximate surface area is 93.3 Å². The summed E-state index contributed by atoms with van der Waals surface area (Å²) >= 11 is 7.19. The van der Waals surface area contributed by atoms with Crippen molar-refractivity contribution in [2.75, 3.05) is 5.75 Å². The fraction of sp³-hybridized carbons (Fsp3) is 0.778. The fourth-order valence-electron chi connectivity index (χ4n) is 1.83. The van der Waals surface area contributed by atoms with Gasteiger partial charge in [-0.3, -0.25) is 5.10 Å². The SMILES string of the molecule is CCn1c(C2CCCCS2)n[nH]c1=S. The van der Waals surface area contributed by atoms with E-state index < -0.39 is 0 Å². The lowest BCUT2D eigenvalue weighted by Gasteiger charge is -2.20. The molecule has 0 bridgehead atoms. The normalized spacial score (nSPS) is 22.5. The van der Waals surface area contributed by atoms with E-state index in [0.29, 0.717) is 5.25 Å². The van der Waals surface area contributed by atoms with E-state index >= 15 is 0 Å². The van der Waals surface area contributed by atoms with Gasteiger partial charge in [-0.15, -0.1) is 0 Å². The predicted octanol–water partition coefficient (Wildman–Crippen LogP) is 2.92. The minimum absolute atomic E-state index is 0.552.